The van der Waals surface area contributed by atoms with Crippen LogP contribution in [-0.2, 0) is 28.6 Å². The summed E-state index contributed by atoms with van der Waals surface area (Å²) in [4.78, 5) is 39.8. The van der Waals surface area contributed by atoms with Crippen molar-refractivity contribution in [3.63, 3.8) is 0 Å². The molecule has 4 atom stereocenters. The molecule has 1 N–H and O–H groups in total. The van der Waals surface area contributed by atoms with E-state index in [-0.39, 0.29) is 23.1 Å². The van der Waals surface area contributed by atoms with Crippen LogP contribution in [0, 0.1) is 0 Å². The maximum atomic E-state index is 12.8. The molecule has 1 aromatic carbocycles. The summed E-state index contributed by atoms with van der Waals surface area (Å²) < 4.78 is 16.2. The fraction of sp³-hybridized carbons (Fsp3) is 0.435. The number of methoxy groups -OCH3 is 2. The highest BCUT2D eigenvalue weighted by molar-refractivity contribution is 6.05. The van der Waals surface area contributed by atoms with Gasteiger partial charge in [0.25, 0.3) is 0 Å². The summed E-state index contributed by atoms with van der Waals surface area (Å²) in [5.41, 5.74) is 1.08. The number of anilines is 1. The third-order valence-corrected chi connectivity index (χ3v) is 6.69. The predicted molar refractivity (Wildman–Crippen MR) is 110 cm³/mol. The van der Waals surface area contributed by atoms with Crippen molar-refractivity contribution in [1.29, 1.82) is 0 Å². The Hall–Kier alpha value is -3.13. The maximum Gasteiger partial charge on any atom is 0.337 e. The van der Waals surface area contributed by atoms with Gasteiger partial charge >= 0.3 is 11.9 Å². The minimum atomic E-state index is -1.18. The first-order valence-electron chi connectivity index (χ1n) is 10.4. The van der Waals surface area contributed by atoms with Gasteiger partial charge in [-0.3, -0.25) is 4.79 Å². The van der Waals surface area contributed by atoms with Crippen LogP contribution in [0.25, 0.3) is 0 Å². The minimum absolute atomic E-state index is 0.129. The van der Waals surface area contributed by atoms with Crippen molar-refractivity contribution < 1.29 is 28.6 Å². The average molecular weight is 424 g/mol. The van der Waals surface area contributed by atoms with E-state index in [0.29, 0.717) is 19.4 Å². The summed E-state index contributed by atoms with van der Waals surface area (Å²) in [5, 5.41) is 3.50. The van der Waals surface area contributed by atoms with E-state index in [0.717, 1.165) is 17.7 Å². The topological polar surface area (TPSA) is 94.2 Å². The normalized spacial score (nSPS) is 31.0. The summed E-state index contributed by atoms with van der Waals surface area (Å²) in [7, 11) is 2.56. The van der Waals surface area contributed by atoms with Crippen molar-refractivity contribution in [1.82, 2.24) is 4.90 Å². The van der Waals surface area contributed by atoms with Crippen LogP contribution in [0.15, 0.2) is 47.6 Å². The summed E-state index contributed by atoms with van der Waals surface area (Å²) in [6.45, 7) is 0.698. The number of benzene rings is 1. The number of likely N-dealkylation sites (tertiary alicyclic amines) is 1. The lowest BCUT2D eigenvalue weighted by Gasteiger charge is -2.44. The third-order valence-electron chi connectivity index (χ3n) is 6.69. The summed E-state index contributed by atoms with van der Waals surface area (Å²) in [6, 6.07) is 7.32. The predicted octanol–water partition coefficient (Wildman–Crippen LogP) is 1.88. The molecule has 2 bridgehead atoms. The van der Waals surface area contributed by atoms with Crippen LogP contribution in [0.3, 0.4) is 0 Å². The Bertz CT molecular complexity index is 1030. The molecule has 0 aliphatic carbocycles. The number of amides is 1. The lowest BCUT2D eigenvalue weighted by molar-refractivity contribution is -0.139. The van der Waals surface area contributed by atoms with Crippen LogP contribution >= 0.6 is 0 Å². The van der Waals surface area contributed by atoms with Gasteiger partial charge in [-0.15, -0.1) is 0 Å². The van der Waals surface area contributed by atoms with Gasteiger partial charge in [0.15, 0.2) is 0 Å². The van der Waals surface area contributed by atoms with E-state index >= 15 is 0 Å². The van der Waals surface area contributed by atoms with E-state index in [1.165, 1.54) is 14.2 Å². The molecule has 8 nitrogen and oxygen atoms in total. The molecule has 4 heterocycles. The van der Waals surface area contributed by atoms with E-state index in [2.05, 4.69) is 5.32 Å². The highest BCUT2D eigenvalue weighted by atomic mass is 16.6. The number of hydrogen-bond donors (Lipinski definition) is 1. The van der Waals surface area contributed by atoms with Crippen molar-refractivity contribution in [2.24, 2.45) is 0 Å². The van der Waals surface area contributed by atoms with Crippen molar-refractivity contribution in [2.45, 2.75) is 43.1 Å². The van der Waals surface area contributed by atoms with Crippen molar-refractivity contribution in [3.05, 3.63) is 53.1 Å². The molecule has 31 heavy (non-hydrogen) atoms. The number of carbonyl (C=O) groups is 3. The van der Waals surface area contributed by atoms with Gasteiger partial charge in [0.1, 0.15) is 11.7 Å². The van der Waals surface area contributed by atoms with E-state index in [9.17, 15) is 14.4 Å². The van der Waals surface area contributed by atoms with Crippen LogP contribution in [0.4, 0.5) is 5.69 Å². The van der Waals surface area contributed by atoms with Crippen LogP contribution < -0.4 is 5.32 Å². The van der Waals surface area contributed by atoms with E-state index in [1.54, 1.807) is 6.08 Å². The van der Waals surface area contributed by atoms with Crippen LogP contribution in [-0.4, -0.2) is 61.3 Å². The van der Waals surface area contributed by atoms with Gasteiger partial charge in [0.05, 0.1) is 37.4 Å². The highest BCUT2D eigenvalue weighted by Crippen LogP contribution is 2.51. The summed E-state index contributed by atoms with van der Waals surface area (Å²) in [5.74, 6) is -1.11. The molecule has 162 valence electrons. The Balaban J connectivity index is 1.60. The minimum Gasteiger partial charge on any atom is -0.466 e. The molecule has 0 radical (unpaired) electrons. The van der Waals surface area contributed by atoms with E-state index < -0.39 is 29.7 Å². The van der Waals surface area contributed by atoms with Gasteiger partial charge in [-0.2, -0.15) is 0 Å². The lowest BCUT2D eigenvalue weighted by Crippen LogP contribution is -2.52. The third kappa shape index (κ3) is 2.81. The van der Waals surface area contributed by atoms with Gasteiger partial charge in [0.2, 0.25) is 5.91 Å². The van der Waals surface area contributed by atoms with Gasteiger partial charge < -0.3 is 24.4 Å². The SMILES string of the molecule is COC(=O)C1=C(C(=O)OC)C2(C3CC(N4CCCC4=O)c4ccccc4N3)C=CC1O2. The molecule has 1 fully saturated rings. The first-order chi connectivity index (χ1) is 15.0. The number of nitrogens with one attached hydrogen (secondary N) is 1. The van der Waals surface area contributed by atoms with Crippen molar-refractivity contribution in [2.75, 3.05) is 26.1 Å². The number of ether oxygens (including phenoxy) is 3. The molecule has 1 saturated heterocycles. The molecule has 1 amide bonds. The Kier molecular flexibility index (Phi) is 4.62. The molecule has 4 aliphatic heterocycles. The molecule has 0 spiro atoms. The standard InChI is InChI=1S/C23H24N2O6/c1-29-21(27)19-16-9-10-23(31-16,20(19)22(28)30-2)17-12-15(25-11-5-8-18(25)26)13-6-3-4-7-14(13)24-17/h3-4,6-7,9-10,15-17,24H,5,8,11-12H2,1-2H3. The van der Waals surface area contributed by atoms with Crippen LogP contribution in [0.1, 0.15) is 30.9 Å². The largest absolute Gasteiger partial charge is 0.466 e. The van der Waals surface area contributed by atoms with Crippen LogP contribution in [0.5, 0.6) is 0 Å². The number of rotatable bonds is 4. The van der Waals surface area contributed by atoms with Gasteiger partial charge in [-0.05, 0) is 30.5 Å². The highest BCUT2D eigenvalue weighted by Gasteiger charge is 2.59. The number of para-hydroxylation sites is 1. The fourth-order valence-corrected chi connectivity index (χ4v) is 5.33. The number of esters is 2. The van der Waals surface area contributed by atoms with Crippen molar-refractivity contribution in [3.8, 4) is 0 Å². The zero-order chi connectivity index (χ0) is 21.8. The zero-order valence-electron chi connectivity index (χ0n) is 17.4. The number of nitrogens with zero attached hydrogens (tertiary/aromatic N) is 1. The zero-order valence-corrected chi connectivity index (χ0v) is 17.4. The molecule has 8 heteroatoms. The van der Waals surface area contributed by atoms with Gasteiger partial charge in [-0.25, -0.2) is 9.59 Å². The first kappa shape index (κ1) is 19.8. The summed E-state index contributed by atoms with van der Waals surface area (Å²) >= 11 is 0. The number of carbonyl (C=O) groups excluding carboxylic acids is 3. The second-order valence-corrected chi connectivity index (χ2v) is 8.19. The first-order valence-corrected chi connectivity index (χ1v) is 10.4. The van der Waals surface area contributed by atoms with Crippen LogP contribution in [0.2, 0.25) is 0 Å². The van der Waals surface area contributed by atoms with Crippen molar-refractivity contribution >= 4 is 23.5 Å². The van der Waals surface area contributed by atoms with Gasteiger partial charge in [0, 0.05) is 18.7 Å². The molecule has 1 aromatic rings. The second kappa shape index (κ2) is 7.23. The number of hydrogen-bond acceptors (Lipinski definition) is 7. The maximum absolute atomic E-state index is 12.8. The molecule has 0 aromatic heterocycles. The van der Waals surface area contributed by atoms with Gasteiger partial charge in [-0.1, -0.05) is 24.3 Å². The smallest absolute Gasteiger partial charge is 0.337 e. The molecule has 4 aliphatic rings. The second-order valence-electron chi connectivity index (χ2n) is 8.19. The number of fused-ring (bicyclic) bond motifs is 3. The quantitative estimate of drug-likeness (QED) is 0.583. The molecule has 4 unspecified atom stereocenters. The Morgan fingerprint density at radius 1 is 1.19 bits per heavy atom. The fourth-order valence-electron chi connectivity index (χ4n) is 5.33. The monoisotopic (exact) mass is 424 g/mol. The van der Waals surface area contributed by atoms with E-state index in [4.69, 9.17) is 14.2 Å². The average Bonchev–Trinajstić information content (AvgIpc) is 3.51. The molecule has 0 saturated carbocycles. The molecular weight excluding hydrogens is 400 g/mol. The molecular formula is C23H24N2O6. The summed E-state index contributed by atoms with van der Waals surface area (Å²) in [6.07, 6.45) is 4.82. The Morgan fingerprint density at radius 3 is 2.68 bits per heavy atom. The molecule has 5 rings (SSSR count). The Labute approximate surface area is 179 Å². The lowest BCUT2D eigenvalue weighted by atomic mass is 9.76. The Morgan fingerprint density at radius 2 is 1.97 bits per heavy atom. The van der Waals surface area contributed by atoms with E-state index in [1.807, 2.05) is 35.2 Å².